The minimum absolute atomic E-state index is 0.256. The molecule has 3 rings (SSSR count). The van der Waals surface area contributed by atoms with Gasteiger partial charge in [0.05, 0.1) is 6.61 Å². The number of nitrogens with one attached hydrogen (secondary N) is 1. The number of ether oxygens (including phenoxy) is 2. The second kappa shape index (κ2) is 6.31. The van der Waals surface area contributed by atoms with E-state index in [0.29, 0.717) is 12.7 Å². The van der Waals surface area contributed by atoms with Crippen LogP contribution in [0, 0.1) is 0 Å². The minimum Gasteiger partial charge on any atom is -0.490 e. The third-order valence-corrected chi connectivity index (χ3v) is 3.71. The zero-order valence-electron chi connectivity index (χ0n) is 12.7. The highest BCUT2D eigenvalue weighted by Gasteiger charge is 2.43. The van der Waals surface area contributed by atoms with Gasteiger partial charge in [-0.1, -0.05) is 33.4 Å². The Morgan fingerprint density at radius 3 is 2.70 bits per heavy atom. The summed E-state index contributed by atoms with van der Waals surface area (Å²) < 4.78 is 11.1. The lowest BCUT2D eigenvalue weighted by Crippen LogP contribution is -2.11. The average molecular weight is 275 g/mol. The van der Waals surface area contributed by atoms with Gasteiger partial charge in [0.1, 0.15) is 18.5 Å². The topological polar surface area (TPSA) is 33.8 Å². The highest BCUT2D eigenvalue weighted by atomic mass is 16.6. The summed E-state index contributed by atoms with van der Waals surface area (Å²) in [6.45, 7) is 11.5. The van der Waals surface area contributed by atoms with E-state index in [-0.39, 0.29) is 5.41 Å². The standard InChI is InChI=1S/C15H19NO2.C2H6/c1-3-16-12-5-4-6-13(18-10-11-9-17-11)14(12)15(2)7-8-15;1-2/h3-6,11,16H,1,7-10H2,2H3;1-2H3. The first-order valence-corrected chi connectivity index (χ1v) is 7.48. The Balaban J connectivity index is 0.000000704. The Morgan fingerprint density at radius 1 is 1.45 bits per heavy atom. The predicted octanol–water partition coefficient (Wildman–Crippen LogP) is 4.10. The van der Waals surface area contributed by atoms with Crippen molar-refractivity contribution in [1.82, 2.24) is 0 Å². The van der Waals surface area contributed by atoms with E-state index in [4.69, 9.17) is 9.47 Å². The molecule has 1 aromatic carbocycles. The predicted molar refractivity (Wildman–Crippen MR) is 83.4 cm³/mol. The molecule has 2 aliphatic rings. The summed E-state index contributed by atoms with van der Waals surface area (Å²) in [5.74, 6) is 0.984. The Bertz CT molecular complexity index is 462. The average Bonchev–Trinajstić information content (AvgIpc) is 3.37. The van der Waals surface area contributed by atoms with Crippen molar-refractivity contribution in [2.24, 2.45) is 0 Å². The maximum atomic E-state index is 5.92. The van der Waals surface area contributed by atoms with E-state index in [2.05, 4.69) is 31.0 Å². The van der Waals surface area contributed by atoms with E-state index in [1.165, 1.54) is 18.4 Å². The van der Waals surface area contributed by atoms with Crippen LogP contribution < -0.4 is 10.1 Å². The first kappa shape index (κ1) is 14.9. The van der Waals surface area contributed by atoms with Crippen molar-refractivity contribution in [3.05, 3.63) is 36.5 Å². The van der Waals surface area contributed by atoms with E-state index in [1.807, 2.05) is 19.9 Å². The summed E-state index contributed by atoms with van der Waals surface area (Å²) in [4.78, 5) is 0. The Morgan fingerprint density at radius 2 is 2.15 bits per heavy atom. The van der Waals surface area contributed by atoms with Crippen LogP contribution in [-0.4, -0.2) is 19.3 Å². The van der Waals surface area contributed by atoms with Crippen LogP contribution in [-0.2, 0) is 10.2 Å². The van der Waals surface area contributed by atoms with Crippen LogP contribution in [0.3, 0.4) is 0 Å². The quantitative estimate of drug-likeness (QED) is 0.794. The summed E-state index contributed by atoms with van der Waals surface area (Å²) >= 11 is 0. The lowest BCUT2D eigenvalue weighted by Gasteiger charge is -2.19. The summed E-state index contributed by atoms with van der Waals surface area (Å²) in [6, 6.07) is 6.15. The Hall–Kier alpha value is -1.48. The third-order valence-electron chi connectivity index (χ3n) is 3.71. The van der Waals surface area contributed by atoms with Gasteiger partial charge in [0.2, 0.25) is 0 Å². The Labute approximate surface area is 122 Å². The molecule has 1 unspecified atom stereocenters. The molecule has 1 N–H and O–H groups in total. The van der Waals surface area contributed by atoms with Crippen LogP contribution in [0.1, 0.15) is 39.2 Å². The van der Waals surface area contributed by atoms with Gasteiger partial charge in [-0.3, -0.25) is 0 Å². The van der Waals surface area contributed by atoms with Crippen molar-refractivity contribution >= 4 is 5.69 Å². The monoisotopic (exact) mass is 275 g/mol. The maximum absolute atomic E-state index is 5.92. The molecule has 1 atom stereocenters. The molecule has 110 valence electrons. The van der Waals surface area contributed by atoms with Gasteiger partial charge in [-0.2, -0.15) is 0 Å². The molecule has 1 aliphatic carbocycles. The largest absolute Gasteiger partial charge is 0.490 e. The molecule has 1 aromatic rings. The van der Waals surface area contributed by atoms with Crippen LogP contribution >= 0.6 is 0 Å². The van der Waals surface area contributed by atoms with E-state index in [0.717, 1.165) is 18.0 Å². The first-order valence-electron chi connectivity index (χ1n) is 7.48. The second-order valence-corrected chi connectivity index (χ2v) is 5.35. The number of anilines is 1. The van der Waals surface area contributed by atoms with Gasteiger partial charge in [0.25, 0.3) is 0 Å². The van der Waals surface area contributed by atoms with E-state index in [9.17, 15) is 0 Å². The lowest BCUT2D eigenvalue weighted by atomic mass is 9.95. The molecule has 0 spiro atoms. The van der Waals surface area contributed by atoms with E-state index < -0.39 is 0 Å². The van der Waals surface area contributed by atoms with Gasteiger partial charge in [-0.15, -0.1) is 0 Å². The normalized spacial score (nSPS) is 21.2. The molecule has 1 saturated carbocycles. The van der Waals surface area contributed by atoms with Crippen molar-refractivity contribution < 1.29 is 9.47 Å². The van der Waals surface area contributed by atoms with Crippen molar-refractivity contribution in [2.75, 3.05) is 18.5 Å². The number of benzene rings is 1. The van der Waals surface area contributed by atoms with Gasteiger partial charge < -0.3 is 14.8 Å². The second-order valence-electron chi connectivity index (χ2n) is 5.35. The zero-order valence-corrected chi connectivity index (χ0v) is 12.7. The fraction of sp³-hybridized carbons (Fsp3) is 0.529. The molecular formula is C17H25NO2. The first-order chi connectivity index (χ1) is 9.73. The molecule has 1 saturated heterocycles. The van der Waals surface area contributed by atoms with Crippen LogP contribution in [0.4, 0.5) is 5.69 Å². The van der Waals surface area contributed by atoms with Crippen molar-refractivity contribution in [3.63, 3.8) is 0 Å². The summed E-state index contributed by atoms with van der Waals surface area (Å²) in [5.41, 5.74) is 2.65. The molecule has 20 heavy (non-hydrogen) atoms. The molecule has 3 heteroatoms. The van der Waals surface area contributed by atoms with Gasteiger partial charge in [-0.25, -0.2) is 0 Å². The molecular weight excluding hydrogens is 250 g/mol. The SMILES string of the molecule is C=CNc1cccc(OCC2CO2)c1C1(C)CC1.CC. The molecule has 0 amide bonds. The van der Waals surface area contributed by atoms with Gasteiger partial charge in [0, 0.05) is 11.3 Å². The molecule has 0 aromatic heterocycles. The van der Waals surface area contributed by atoms with Crippen LogP contribution in [0.25, 0.3) is 0 Å². The smallest absolute Gasteiger partial charge is 0.125 e. The minimum atomic E-state index is 0.256. The molecule has 0 bridgehead atoms. The Kier molecular flexibility index (Phi) is 4.71. The molecule has 3 nitrogen and oxygen atoms in total. The van der Waals surface area contributed by atoms with E-state index in [1.54, 1.807) is 6.20 Å². The van der Waals surface area contributed by atoms with Crippen LogP contribution in [0.2, 0.25) is 0 Å². The number of epoxide rings is 1. The number of hydrogen-bond acceptors (Lipinski definition) is 3. The zero-order chi connectivity index (χ0) is 14.6. The molecule has 1 aliphatic heterocycles. The van der Waals surface area contributed by atoms with Crippen LogP contribution in [0.5, 0.6) is 5.75 Å². The third kappa shape index (κ3) is 3.34. The van der Waals surface area contributed by atoms with E-state index >= 15 is 0 Å². The fourth-order valence-electron chi connectivity index (χ4n) is 2.29. The fourth-order valence-corrected chi connectivity index (χ4v) is 2.29. The summed E-state index contributed by atoms with van der Waals surface area (Å²) in [5, 5.41) is 3.22. The number of hydrogen-bond donors (Lipinski definition) is 1. The van der Waals surface area contributed by atoms with Crippen molar-refractivity contribution in [1.29, 1.82) is 0 Å². The number of rotatable bonds is 6. The van der Waals surface area contributed by atoms with Gasteiger partial charge in [0.15, 0.2) is 0 Å². The van der Waals surface area contributed by atoms with Crippen LogP contribution in [0.15, 0.2) is 31.0 Å². The summed E-state index contributed by atoms with van der Waals surface area (Å²) in [6.07, 6.45) is 4.46. The summed E-state index contributed by atoms with van der Waals surface area (Å²) in [7, 11) is 0. The lowest BCUT2D eigenvalue weighted by molar-refractivity contribution is 0.260. The highest BCUT2D eigenvalue weighted by molar-refractivity contribution is 5.63. The molecule has 2 fully saturated rings. The maximum Gasteiger partial charge on any atom is 0.125 e. The van der Waals surface area contributed by atoms with Gasteiger partial charge in [-0.05, 0) is 36.6 Å². The van der Waals surface area contributed by atoms with Gasteiger partial charge >= 0.3 is 0 Å². The molecule has 0 radical (unpaired) electrons. The van der Waals surface area contributed by atoms with Crippen molar-refractivity contribution in [3.8, 4) is 5.75 Å². The molecule has 1 heterocycles. The highest BCUT2D eigenvalue weighted by Crippen LogP contribution is 2.53. The van der Waals surface area contributed by atoms with Crippen molar-refractivity contribution in [2.45, 2.75) is 45.1 Å².